The van der Waals surface area contributed by atoms with Gasteiger partial charge in [-0.05, 0) is 69.0 Å². The lowest BCUT2D eigenvalue weighted by Gasteiger charge is -2.70. The molecule has 3 N–H and O–H groups in total. The number of ether oxygens (including phenoxy) is 4. The Bertz CT molecular complexity index is 1700. The van der Waals surface area contributed by atoms with Gasteiger partial charge in [0.05, 0.1) is 29.6 Å². The zero-order valence-electron chi connectivity index (χ0n) is 29.5. The van der Waals surface area contributed by atoms with E-state index in [0.29, 0.717) is 50.9 Å². The van der Waals surface area contributed by atoms with Gasteiger partial charge in [0.1, 0.15) is 16.8 Å². The summed E-state index contributed by atoms with van der Waals surface area (Å²) in [5.41, 5.74) is -2.13. The normalized spacial score (nSPS) is 42.5. The average Bonchev–Trinajstić information content (AvgIpc) is 3.54. The molecule has 2 heterocycles. The Morgan fingerprint density at radius 3 is 2.56 bits per heavy atom. The van der Waals surface area contributed by atoms with Crippen LogP contribution >= 0.6 is 0 Å². The van der Waals surface area contributed by atoms with E-state index in [1.54, 1.807) is 57.9 Å². The molecule has 6 aliphatic rings. The molecule has 1 saturated heterocycles. The summed E-state index contributed by atoms with van der Waals surface area (Å²) >= 11 is 0. The quantitative estimate of drug-likeness (QED) is 0.265. The number of carbonyl (C=O) groups excluding carboxylic acids is 2. The summed E-state index contributed by atoms with van der Waals surface area (Å²) < 4.78 is 25.3. The summed E-state index contributed by atoms with van der Waals surface area (Å²) in [6.07, 6.45) is 6.53. The minimum Gasteiger partial charge on any atom is -0.454 e. The summed E-state index contributed by atoms with van der Waals surface area (Å²) in [6, 6.07) is 10.6. The molecule has 268 valence electrons. The van der Waals surface area contributed by atoms with Gasteiger partial charge in [0.25, 0.3) is 0 Å². The van der Waals surface area contributed by atoms with Crippen molar-refractivity contribution >= 4 is 23.6 Å². The fourth-order valence-corrected chi connectivity index (χ4v) is 12.3. The highest BCUT2D eigenvalue weighted by Crippen LogP contribution is 2.79. The second-order valence-corrected chi connectivity index (χ2v) is 15.6. The molecule has 0 radical (unpaired) electrons. The van der Waals surface area contributed by atoms with Crippen LogP contribution in [0.3, 0.4) is 0 Å². The molecule has 1 spiro atoms. The van der Waals surface area contributed by atoms with E-state index in [0.717, 1.165) is 11.3 Å². The summed E-state index contributed by atoms with van der Waals surface area (Å²) in [6.45, 7) is 5.22. The Morgan fingerprint density at radius 2 is 1.86 bits per heavy atom. The molecule has 12 atom stereocenters. The molecular weight excluding hydrogens is 638 g/mol. The molecule has 1 aromatic carbocycles. The minimum atomic E-state index is -1.50. The number of likely N-dealkylation sites (tertiary alicyclic amines) is 1. The van der Waals surface area contributed by atoms with Gasteiger partial charge in [-0.1, -0.05) is 25.1 Å². The maximum Gasteiger partial charge on any atom is 0.340 e. The van der Waals surface area contributed by atoms with E-state index in [4.69, 9.17) is 18.9 Å². The number of para-hydroxylation sites is 1. The first kappa shape index (κ1) is 33.9. The first-order valence-corrected chi connectivity index (χ1v) is 18.0. The number of nitrogens with zero attached hydrogens (tertiary/aromatic N) is 2. The van der Waals surface area contributed by atoms with E-state index < -0.39 is 34.3 Å². The van der Waals surface area contributed by atoms with Crippen molar-refractivity contribution in [2.75, 3.05) is 39.7 Å². The van der Waals surface area contributed by atoms with Gasteiger partial charge < -0.3 is 34.5 Å². The van der Waals surface area contributed by atoms with Crippen molar-refractivity contribution in [3.05, 3.63) is 65.5 Å². The lowest BCUT2D eigenvalue weighted by molar-refractivity contribution is -0.337. The zero-order chi connectivity index (χ0) is 35.2. The number of aliphatic hydroxyl groups is 2. The van der Waals surface area contributed by atoms with Crippen LogP contribution < -0.4 is 5.32 Å². The van der Waals surface area contributed by atoms with Crippen molar-refractivity contribution in [1.29, 1.82) is 0 Å². The number of benzene rings is 1. The molecule has 2 aromatic rings. The second-order valence-electron chi connectivity index (χ2n) is 15.6. The van der Waals surface area contributed by atoms with Crippen LogP contribution in [0.15, 0.2) is 48.7 Å². The van der Waals surface area contributed by atoms with Crippen molar-refractivity contribution in [2.45, 2.75) is 87.1 Å². The number of fused-ring (bicyclic) bond motifs is 2. The predicted octanol–water partition coefficient (Wildman–Crippen LogP) is 3.62. The van der Waals surface area contributed by atoms with E-state index in [9.17, 15) is 19.8 Å². The van der Waals surface area contributed by atoms with Crippen molar-refractivity contribution in [3.63, 3.8) is 0 Å². The van der Waals surface area contributed by atoms with Crippen LogP contribution in [0.5, 0.6) is 0 Å². The number of piperidine rings is 1. The Morgan fingerprint density at radius 1 is 1.06 bits per heavy atom. The average molecular weight is 688 g/mol. The number of esters is 1. The summed E-state index contributed by atoms with van der Waals surface area (Å²) in [7, 11) is 5.05. The molecular formula is C39H49N3O8. The van der Waals surface area contributed by atoms with Crippen molar-refractivity contribution in [1.82, 2.24) is 9.88 Å². The lowest BCUT2D eigenvalue weighted by Crippen LogP contribution is -2.83. The van der Waals surface area contributed by atoms with Crippen molar-refractivity contribution < 1.29 is 38.7 Å². The van der Waals surface area contributed by atoms with Gasteiger partial charge in [0.2, 0.25) is 5.91 Å². The van der Waals surface area contributed by atoms with Crippen LogP contribution in [0.25, 0.3) is 6.08 Å². The Hall–Kier alpha value is -3.19. The van der Waals surface area contributed by atoms with Crippen LogP contribution in [0.2, 0.25) is 0 Å². The Kier molecular flexibility index (Phi) is 8.09. The number of methoxy groups -OCH3 is 3. The van der Waals surface area contributed by atoms with Gasteiger partial charge in [-0.15, -0.1) is 0 Å². The molecule has 1 unspecified atom stereocenters. The smallest absolute Gasteiger partial charge is 0.340 e. The molecule has 5 saturated carbocycles. The van der Waals surface area contributed by atoms with Crippen LogP contribution in [0.1, 0.15) is 60.6 Å². The van der Waals surface area contributed by atoms with Gasteiger partial charge in [0, 0.05) is 87.4 Å². The molecule has 11 nitrogen and oxygen atoms in total. The Labute approximate surface area is 293 Å². The third-order valence-electron chi connectivity index (χ3n) is 13.9. The number of aromatic nitrogens is 1. The van der Waals surface area contributed by atoms with Crippen LogP contribution in [0.4, 0.5) is 5.69 Å². The number of anilines is 1. The van der Waals surface area contributed by atoms with E-state index in [1.807, 2.05) is 19.1 Å². The maximum atomic E-state index is 14.4. The highest BCUT2D eigenvalue weighted by molar-refractivity contribution is 6.06. The fraction of sp³-hybridized carbons (Fsp3) is 0.615. The highest BCUT2D eigenvalue weighted by Gasteiger charge is 2.89. The Balaban J connectivity index is 1.15. The molecule has 8 rings (SSSR count). The third kappa shape index (κ3) is 4.34. The van der Waals surface area contributed by atoms with Gasteiger partial charge >= 0.3 is 5.97 Å². The standard InChI is InChI=1S/C39H49N3O8/c1-6-42-21-36(50-35(44)24-9-7-8-10-27(24)41-32(43)14-13-23-12-11-22(2)40-20-23)16-15-31(48-4)38-29(36)18-26(33(38)42)37(45)19-28(47-3)25-17-30(38)39(37,46)34(25)49-5/h7-14,20,25-26,28-31,33-34,45-46H,6,15-19,21H2,1-5H3,(H,41,43)/b14-13+/t25-,26-,28+,29-,30+,31+,33?,34+,36-,37+,38+,39+/m1/s1. The molecule has 5 aliphatic carbocycles. The summed E-state index contributed by atoms with van der Waals surface area (Å²) in [5.74, 6) is -1.80. The predicted molar refractivity (Wildman–Crippen MR) is 184 cm³/mol. The van der Waals surface area contributed by atoms with Gasteiger partial charge in [0.15, 0.2) is 0 Å². The number of carbonyl (C=O) groups is 2. The van der Waals surface area contributed by atoms with E-state index in [2.05, 4.69) is 22.1 Å². The van der Waals surface area contributed by atoms with Crippen LogP contribution in [0, 0.1) is 36.0 Å². The SMILES string of the molecule is CCN1C[C@]2(OC(=O)c3ccccc3NC(=O)/C=C/c3ccc(C)nc3)CC[C@H](OC)[C@]34C1[C@@H](C[C@H]23)[C@@]1(O)C[C@H](OC)[C@H]2C[C@@H]4[C@]1(O)[C@H]2OC. The molecule has 1 aliphatic heterocycles. The lowest BCUT2D eigenvalue weighted by atomic mass is 9.44. The number of pyridine rings is 1. The van der Waals surface area contributed by atoms with E-state index in [1.165, 1.54) is 6.08 Å². The molecule has 11 heteroatoms. The number of rotatable bonds is 9. The fourth-order valence-electron chi connectivity index (χ4n) is 12.3. The van der Waals surface area contributed by atoms with E-state index in [-0.39, 0.29) is 53.4 Å². The zero-order valence-corrected chi connectivity index (χ0v) is 29.5. The molecule has 6 fully saturated rings. The van der Waals surface area contributed by atoms with Gasteiger partial charge in [-0.2, -0.15) is 0 Å². The minimum absolute atomic E-state index is 0.0706. The molecule has 7 bridgehead atoms. The number of hydrogen-bond donors (Lipinski definition) is 3. The second kappa shape index (κ2) is 11.9. The van der Waals surface area contributed by atoms with Gasteiger partial charge in [-0.3, -0.25) is 14.7 Å². The monoisotopic (exact) mass is 687 g/mol. The number of amides is 1. The number of aryl methyl sites for hydroxylation is 1. The maximum absolute atomic E-state index is 14.4. The van der Waals surface area contributed by atoms with E-state index >= 15 is 0 Å². The topological polar surface area (TPSA) is 140 Å². The number of nitrogens with one attached hydrogen (secondary N) is 1. The molecule has 1 amide bonds. The largest absolute Gasteiger partial charge is 0.454 e. The van der Waals surface area contributed by atoms with Crippen molar-refractivity contribution in [3.8, 4) is 0 Å². The third-order valence-corrected chi connectivity index (χ3v) is 13.9. The molecule has 1 aromatic heterocycles. The summed E-state index contributed by atoms with van der Waals surface area (Å²) in [5, 5.41) is 28.8. The highest BCUT2D eigenvalue weighted by atomic mass is 16.6. The first-order chi connectivity index (χ1) is 24.0. The summed E-state index contributed by atoms with van der Waals surface area (Å²) in [4.78, 5) is 34.1. The first-order valence-electron chi connectivity index (χ1n) is 18.0. The number of likely N-dealkylation sites (N-methyl/N-ethyl adjacent to an activating group) is 1. The molecule has 50 heavy (non-hydrogen) atoms. The van der Waals surface area contributed by atoms with Crippen molar-refractivity contribution in [2.24, 2.45) is 29.1 Å². The van der Waals surface area contributed by atoms with Crippen LogP contribution in [-0.2, 0) is 23.7 Å². The van der Waals surface area contributed by atoms with Gasteiger partial charge in [-0.25, -0.2) is 4.79 Å². The number of hydrogen-bond acceptors (Lipinski definition) is 10. The van der Waals surface area contributed by atoms with Crippen LogP contribution in [-0.4, -0.2) is 108 Å².